The largest absolute Gasteiger partial charge is 0.493 e. The topological polar surface area (TPSA) is 38.3 Å². The van der Waals surface area contributed by atoms with Crippen molar-refractivity contribution in [3.8, 4) is 5.75 Å². The number of halogens is 1. The lowest BCUT2D eigenvalue weighted by Gasteiger charge is -2.26. The zero-order chi connectivity index (χ0) is 16.1. The first-order valence-electron chi connectivity index (χ1n) is 7.95. The number of carbonyl (C=O) groups excluding carboxylic acids is 1. The molecule has 1 heterocycles. The molecule has 1 aliphatic heterocycles. The quantitative estimate of drug-likeness (QED) is 0.857. The maximum Gasteiger partial charge on any atom is 0.224 e. The number of benzene rings is 2. The highest BCUT2D eigenvalue weighted by atomic mass is 79.9. The van der Waals surface area contributed by atoms with E-state index in [-0.39, 0.29) is 5.91 Å². The molecule has 23 heavy (non-hydrogen) atoms. The van der Waals surface area contributed by atoms with Crippen molar-refractivity contribution in [2.45, 2.75) is 25.2 Å². The van der Waals surface area contributed by atoms with Crippen molar-refractivity contribution in [3.05, 3.63) is 64.1 Å². The Bertz CT molecular complexity index is 672. The summed E-state index contributed by atoms with van der Waals surface area (Å²) < 4.78 is 6.78. The van der Waals surface area contributed by atoms with Gasteiger partial charge in [0.1, 0.15) is 5.75 Å². The second-order valence-electron chi connectivity index (χ2n) is 5.82. The van der Waals surface area contributed by atoms with E-state index in [2.05, 4.69) is 27.3 Å². The first-order chi connectivity index (χ1) is 11.2. The van der Waals surface area contributed by atoms with Crippen LogP contribution in [0.3, 0.4) is 0 Å². The Kier molecular flexibility index (Phi) is 5.34. The Morgan fingerprint density at radius 2 is 2.04 bits per heavy atom. The summed E-state index contributed by atoms with van der Waals surface area (Å²) in [7, 11) is 0. The van der Waals surface area contributed by atoms with E-state index in [1.807, 2.05) is 42.5 Å². The Hall–Kier alpha value is -1.81. The number of amides is 1. The van der Waals surface area contributed by atoms with Crippen LogP contribution in [0, 0.1) is 0 Å². The Balaban J connectivity index is 1.52. The summed E-state index contributed by atoms with van der Waals surface area (Å²) in [6.07, 6.45) is 2.38. The van der Waals surface area contributed by atoms with Crippen LogP contribution in [0.4, 0.5) is 0 Å². The van der Waals surface area contributed by atoms with Crippen molar-refractivity contribution >= 4 is 21.8 Å². The summed E-state index contributed by atoms with van der Waals surface area (Å²) in [4.78, 5) is 12.0. The molecule has 4 heteroatoms. The Labute approximate surface area is 145 Å². The summed E-state index contributed by atoms with van der Waals surface area (Å²) in [6.45, 7) is 1.44. The fourth-order valence-corrected chi connectivity index (χ4v) is 3.34. The van der Waals surface area contributed by atoms with E-state index in [4.69, 9.17) is 4.74 Å². The van der Waals surface area contributed by atoms with Gasteiger partial charge in [-0.2, -0.15) is 0 Å². The van der Waals surface area contributed by atoms with Gasteiger partial charge in [0.05, 0.1) is 13.0 Å². The molecule has 0 fully saturated rings. The van der Waals surface area contributed by atoms with Crippen molar-refractivity contribution in [1.29, 1.82) is 0 Å². The number of ether oxygens (including phenoxy) is 1. The highest BCUT2D eigenvalue weighted by Crippen LogP contribution is 2.37. The first kappa shape index (κ1) is 16.1. The minimum atomic E-state index is 0.0812. The minimum absolute atomic E-state index is 0.0812. The lowest BCUT2D eigenvalue weighted by Crippen LogP contribution is -2.28. The molecule has 120 valence electrons. The van der Waals surface area contributed by atoms with Crippen LogP contribution in [0.15, 0.2) is 53.0 Å². The molecule has 0 bridgehead atoms. The van der Waals surface area contributed by atoms with Gasteiger partial charge in [-0.3, -0.25) is 4.79 Å². The van der Waals surface area contributed by atoms with E-state index < -0.39 is 0 Å². The van der Waals surface area contributed by atoms with Crippen molar-refractivity contribution in [2.75, 3.05) is 13.2 Å². The molecule has 0 spiro atoms. The molecule has 1 aliphatic rings. The minimum Gasteiger partial charge on any atom is -0.493 e. The monoisotopic (exact) mass is 373 g/mol. The molecule has 1 unspecified atom stereocenters. The maximum absolute atomic E-state index is 12.0. The first-order valence-corrected chi connectivity index (χ1v) is 8.74. The second kappa shape index (κ2) is 7.64. The zero-order valence-electron chi connectivity index (χ0n) is 12.9. The van der Waals surface area contributed by atoms with Crippen LogP contribution in [0.5, 0.6) is 5.75 Å². The molecule has 3 rings (SSSR count). The third-order valence-corrected chi connectivity index (χ3v) is 4.65. The van der Waals surface area contributed by atoms with E-state index in [1.54, 1.807) is 0 Å². The van der Waals surface area contributed by atoms with Crippen LogP contribution in [0.2, 0.25) is 0 Å². The molecule has 1 N–H and O–H groups in total. The molecule has 0 saturated heterocycles. The van der Waals surface area contributed by atoms with Gasteiger partial charge in [-0.1, -0.05) is 46.3 Å². The van der Waals surface area contributed by atoms with Crippen LogP contribution >= 0.6 is 15.9 Å². The number of rotatable bonds is 5. The van der Waals surface area contributed by atoms with Gasteiger partial charge in [0.25, 0.3) is 0 Å². The predicted molar refractivity (Wildman–Crippen MR) is 94.8 cm³/mol. The van der Waals surface area contributed by atoms with Crippen molar-refractivity contribution in [2.24, 2.45) is 0 Å². The van der Waals surface area contributed by atoms with Gasteiger partial charge >= 0.3 is 0 Å². The highest BCUT2D eigenvalue weighted by molar-refractivity contribution is 9.10. The van der Waals surface area contributed by atoms with E-state index in [9.17, 15) is 4.79 Å². The standard InChI is InChI=1S/C19H20BrNO2/c20-16-6-7-18-17(13-16)15(9-11-23-18)8-10-21-19(22)12-14-4-2-1-3-5-14/h1-7,13,15H,8-12H2,(H,21,22). The van der Waals surface area contributed by atoms with Crippen molar-refractivity contribution < 1.29 is 9.53 Å². The number of hydrogen-bond acceptors (Lipinski definition) is 2. The third-order valence-electron chi connectivity index (χ3n) is 4.16. The van der Waals surface area contributed by atoms with Gasteiger partial charge in [-0.15, -0.1) is 0 Å². The smallest absolute Gasteiger partial charge is 0.224 e. The number of fused-ring (bicyclic) bond motifs is 1. The van der Waals surface area contributed by atoms with E-state index in [1.165, 1.54) is 5.56 Å². The average molecular weight is 374 g/mol. The van der Waals surface area contributed by atoms with Gasteiger partial charge < -0.3 is 10.1 Å². The van der Waals surface area contributed by atoms with Gasteiger partial charge in [0.15, 0.2) is 0 Å². The SMILES string of the molecule is O=C(Cc1ccccc1)NCCC1CCOc2ccc(Br)cc21. The Morgan fingerprint density at radius 1 is 1.22 bits per heavy atom. The molecule has 0 radical (unpaired) electrons. The fraction of sp³-hybridized carbons (Fsp3) is 0.316. The third kappa shape index (κ3) is 4.35. The zero-order valence-corrected chi connectivity index (χ0v) is 14.5. The van der Waals surface area contributed by atoms with Crippen LogP contribution in [0.1, 0.15) is 29.9 Å². The molecule has 2 aromatic carbocycles. The summed E-state index contributed by atoms with van der Waals surface area (Å²) in [6, 6.07) is 16.0. The van der Waals surface area contributed by atoms with Gasteiger partial charge in [-0.25, -0.2) is 0 Å². The molecule has 2 aromatic rings. The molecule has 1 amide bonds. The van der Waals surface area contributed by atoms with Gasteiger partial charge in [0.2, 0.25) is 5.91 Å². The van der Waals surface area contributed by atoms with Crippen LogP contribution < -0.4 is 10.1 Å². The summed E-state index contributed by atoms with van der Waals surface area (Å²) >= 11 is 3.52. The molecule has 0 aromatic heterocycles. The van der Waals surface area contributed by atoms with Crippen LogP contribution in [-0.2, 0) is 11.2 Å². The highest BCUT2D eigenvalue weighted by Gasteiger charge is 2.21. The fourth-order valence-electron chi connectivity index (χ4n) is 2.97. The average Bonchev–Trinajstić information content (AvgIpc) is 2.56. The number of carbonyl (C=O) groups is 1. The van der Waals surface area contributed by atoms with Gasteiger partial charge in [-0.05, 0) is 48.1 Å². The molecular weight excluding hydrogens is 354 g/mol. The molecule has 0 aliphatic carbocycles. The Morgan fingerprint density at radius 3 is 2.87 bits per heavy atom. The molecular formula is C19H20BrNO2. The normalized spacial score (nSPS) is 16.3. The molecule has 3 nitrogen and oxygen atoms in total. The predicted octanol–water partition coefficient (Wildman–Crippen LogP) is 4.06. The number of hydrogen-bond donors (Lipinski definition) is 1. The lowest BCUT2D eigenvalue weighted by molar-refractivity contribution is -0.120. The lowest BCUT2D eigenvalue weighted by atomic mass is 9.90. The second-order valence-corrected chi connectivity index (χ2v) is 6.73. The van der Waals surface area contributed by atoms with E-state index in [0.717, 1.165) is 35.2 Å². The van der Waals surface area contributed by atoms with Gasteiger partial charge in [0, 0.05) is 11.0 Å². The molecule has 0 saturated carbocycles. The van der Waals surface area contributed by atoms with E-state index in [0.29, 0.717) is 18.9 Å². The summed E-state index contributed by atoms with van der Waals surface area (Å²) in [5.74, 6) is 1.49. The van der Waals surface area contributed by atoms with Crippen molar-refractivity contribution in [1.82, 2.24) is 5.32 Å². The number of nitrogens with one attached hydrogen (secondary N) is 1. The molecule has 1 atom stereocenters. The van der Waals surface area contributed by atoms with Crippen molar-refractivity contribution in [3.63, 3.8) is 0 Å². The van der Waals surface area contributed by atoms with E-state index >= 15 is 0 Å². The summed E-state index contributed by atoms with van der Waals surface area (Å²) in [5, 5.41) is 3.03. The van der Waals surface area contributed by atoms with Crippen LogP contribution in [0.25, 0.3) is 0 Å². The van der Waals surface area contributed by atoms with Crippen LogP contribution in [-0.4, -0.2) is 19.1 Å². The maximum atomic E-state index is 12.0. The summed E-state index contributed by atoms with van der Waals surface area (Å²) in [5.41, 5.74) is 2.29.